The fourth-order valence-corrected chi connectivity index (χ4v) is 1.66. The average molecular weight is 353 g/mol. The molecule has 0 radical (unpaired) electrons. The predicted octanol–water partition coefficient (Wildman–Crippen LogP) is -1.42. The van der Waals surface area contributed by atoms with Crippen LogP contribution in [0.5, 0.6) is 0 Å². The maximum Gasteiger partial charge on any atom is 0.433 e. The molecule has 0 spiro atoms. The van der Waals surface area contributed by atoms with E-state index < -0.39 is 4.92 Å². The molecule has 0 N–H and O–H groups in total. The molecule has 0 saturated carbocycles. The van der Waals surface area contributed by atoms with Gasteiger partial charge in [-0.15, -0.1) is 0 Å². The highest BCUT2D eigenvalue weighted by Gasteiger charge is 2.18. The van der Waals surface area contributed by atoms with Crippen molar-refractivity contribution in [3.63, 3.8) is 0 Å². The van der Waals surface area contributed by atoms with Crippen molar-refractivity contribution >= 4 is 5.88 Å². The second-order valence-corrected chi connectivity index (χ2v) is 3.95. The van der Waals surface area contributed by atoms with Gasteiger partial charge in [0.1, 0.15) is 4.92 Å². The lowest BCUT2D eigenvalue weighted by atomic mass is 10.4. The van der Waals surface area contributed by atoms with Crippen LogP contribution < -0.4 is 21.5 Å². The van der Waals surface area contributed by atoms with Crippen LogP contribution in [0.2, 0.25) is 0 Å². The van der Waals surface area contributed by atoms with Crippen LogP contribution in [0.4, 0.5) is 5.88 Å². The number of halogens is 1. The van der Waals surface area contributed by atoms with E-state index in [9.17, 15) is 10.1 Å². The first kappa shape index (κ1) is 14.9. The summed E-state index contributed by atoms with van der Waals surface area (Å²) in [7, 11) is 0. The number of rotatable bonds is 4. The molecule has 0 unspecified atom stereocenters. The SMILES string of the molecule is O=[N+]([O-])c1ccc(-c2noc(C[n+]3ccccc3)n2)o1.[Br-]. The van der Waals surface area contributed by atoms with Crippen molar-refractivity contribution in [2.75, 3.05) is 0 Å². The predicted molar refractivity (Wildman–Crippen MR) is 64.4 cm³/mol. The lowest BCUT2D eigenvalue weighted by Crippen LogP contribution is -3.00. The molecule has 0 aliphatic rings. The number of nitro groups is 1. The Morgan fingerprint density at radius 1 is 1.24 bits per heavy atom. The Kier molecular flexibility index (Phi) is 4.43. The summed E-state index contributed by atoms with van der Waals surface area (Å²) in [6.45, 7) is 0.413. The smallest absolute Gasteiger partial charge is 0.433 e. The number of furan rings is 1. The molecule has 0 aliphatic carbocycles. The van der Waals surface area contributed by atoms with Crippen LogP contribution in [0.15, 0.2) is 51.7 Å². The zero-order valence-electron chi connectivity index (χ0n) is 10.5. The Balaban J connectivity index is 0.00000161. The number of nitrogens with zero attached hydrogens (tertiary/aromatic N) is 4. The molecular formula is C12H9BrN4O4. The van der Waals surface area contributed by atoms with Gasteiger partial charge in [0.25, 0.3) is 5.89 Å². The van der Waals surface area contributed by atoms with Gasteiger partial charge in [0.2, 0.25) is 12.4 Å². The normalized spacial score (nSPS) is 10.1. The Labute approximate surface area is 128 Å². The van der Waals surface area contributed by atoms with Gasteiger partial charge in [-0.05, 0) is 6.07 Å². The monoisotopic (exact) mass is 352 g/mol. The molecule has 0 aliphatic heterocycles. The van der Waals surface area contributed by atoms with Gasteiger partial charge in [0, 0.05) is 12.1 Å². The van der Waals surface area contributed by atoms with E-state index in [1.807, 2.05) is 35.2 Å². The molecule has 3 heterocycles. The Morgan fingerprint density at radius 2 is 2.00 bits per heavy atom. The Morgan fingerprint density at radius 3 is 2.67 bits per heavy atom. The highest BCUT2D eigenvalue weighted by molar-refractivity contribution is 5.47. The highest BCUT2D eigenvalue weighted by Crippen LogP contribution is 2.23. The van der Waals surface area contributed by atoms with Crippen LogP contribution in [0.25, 0.3) is 11.6 Å². The fourth-order valence-electron chi connectivity index (χ4n) is 1.66. The molecule has 0 atom stereocenters. The van der Waals surface area contributed by atoms with Gasteiger partial charge in [-0.1, -0.05) is 11.2 Å². The molecule has 108 valence electrons. The largest absolute Gasteiger partial charge is 1.00 e. The summed E-state index contributed by atoms with van der Waals surface area (Å²) in [5, 5.41) is 14.3. The van der Waals surface area contributed by atoms with Crippen molar-refractivity contribution in [3.8, 4) is 11.6 Å². The average Bonchev–Trinajstić information content (AvgIpc) is 3.08. The van der Waals surface area contributed by atoms with Crippen LogP contribution in [0.1, 0.15) is 5.89 Å². The lowest BCUT2D eigenvalue weighted by molar-refractivity contribution is -0.690. The fraction of sp³-hybridized carbons (Fsp3) is 0.0833. The minimum atomic E-state index is -0.621. The third kappa shape index (κ3) is 3.31. The second kappa shape index (κ2) is 6.27. The minimum absolute atomic E-state index is 0. The Bertz CT molecular complexity index is 741. The lowest BCUT2D eigenvalue weighted by Gasteiger charge is -1.89. The van der Waals surface area contributed by atoms with Crippen LogP contribution in [0, 0.1) is 10.1 Å². The molecule has 0 fully saturated rings. The van der Waals surface area contributed by atoms with Crippen LogP contribution in [-0.4, -0.2) is 15.1 Å². The third-order valence-corrected chi connectivity index (χ3v) is 2.56. The van der Waals surface area contributed by atoms with Gasteiger partial charge >= 0.3 is 5.88 Å². The molecule has 3 aromatic heterocycles. The van der Waals surface area contributed by atoms with Crippen molar-refractivity contribution in [2.45, 2.75) is 6.54 Å². The van der Waals surface area contributed by atoms with Gasteiger partial charge in [0.15, 0.2) is 18.2 Å². The molecule has 9 heteroatoms. The van der Waals surface area contributed by atoms with Gasteiger partial charge in [-0.3, -0.25) is 10.1 Å². The molecule has 8 nitrogen and oxygen atoms in total. The van der Waals surface area contributed by atoms with Crippen LogP contribution in [-0.2, 0) is 6.54 Å². The van der Waals surface area contributed by atoms with Gasteiger partial charge in [-0.25, -0.2) is 0 Å². The number of pyridine rings is 1. The Hall–Kier alpha value is -2.55. The van der Waals surface area contributed by atoms with E-state index in [1.165, 1.54) is 12.1 Å². The van der Waals surface area contributed by atoms with Crippen LogP contribution >= 0.6 is 0 Å². The minimum Gasteiger partial charge on any atom is -1.00 e. The van der Waals surface area contributed by atoms with Gasteiger partial charge in [0.05, 0.1) is 6.07 Å². The van der Waals surface area contributed by atoms with E-state index in [0.717, 1.165) is 0 Å². The molecule has 3 rings (SSSR count). The standard InChI is InChI=1S/C12H9N4O4.BrH/c17-16(18)11-5-4-9(19-11)12-13-10(20-14-12)8-15-6-2-1-3-7-15;/h1-7H,8H2;1H/q+1;/p-1. The van der Waals surface area contributed by atoms with Crippen molar-refractivity contribution < 1.29 is 35.4 Å². The number of hydrogen-bond donors (Lipinski definition) is 0. The molecular weight excluding hydrogens is 344 g/mol. The van der Waals surface area contributed by atoms with Gasteiger partial charge < -0.3 is 25.9 Å². The van der Waals surface area contributed by atoms with E-state index in [2.05, 4.69) is 10.1 Å². The number of aromatic nitrogens is 3. The summed E-state index contributed by atoms with van der Waals surface area (Å²) in [6.07, 6.45) is 3.73. The van der Waals surface area contributed by atoms with Crippen molar-refractivity contribution in [2.24, 2.45) is 0 Å². The zero-order valence-corrected chi connectivity index (χ0v) is 12.1. The summed E-state index contributed by atoms with van der Waals surface area (Å²) in [5.41, 5.74) is 0. The quantitative estimate of drug-likeness (QED) is 0.324. The zero-order chi connectivity index (χ0) is 13.9. The van der Waals surface area contributed by atoms with E-state index in [0.29, 0.717) is 12.4 Å². The highest BCUT2D eigenvalue weighted by atomic mass is 79.9. The molecule has 0 saturated heterocycles. The first-order valence-electron chi connectivity index (χ1n) is 5.73. The van der Waals surface area contributed by atoms with Crippen molar-refractivity contribution in [3.05, 3.63) is 58.7 Å². The third-order valence-electron chi connectivity index (χ3n) is 2.56. The number of hydrogen-bond acceptors (Lipinski definition) is 6. The first-order valence-corrected chi connectivity index (χ1v) is 5.73. The van der Waals surface area contributed by atoms with E-state index in [-0.39, 0.29) is 34.5 Å². The van der Waals surface area contributed by atoms with Crippen molar-refractivity contribution in [1.29, 1.82) is 0 Å². The van der Waals surface area contributed by atoms with Gasteiger partial charge in [-0.2, -0.15) is 9.55 Å². The molecule has 0 amide bonds. The molecule has 3 aromatic rings. The van der Waals surface area contributed by atoms with E-state index >= 15 is 0 Å². The first-order chi connectivity index (χ1) is 9.72. The van der Waals surface area contributed by atoms with E-state index in [1.54, 1.807) is 0 Å². The summed E-state index contributed by atoms with van der Waals surface area (Å²) in [4.78, 5) is 14.0. The molecule has 0 bridgehead atoms. The maximum absolute atomic E-state index is 10.5. The molecule has 0 aromatic carbocycles. The summed E-state index contributed by atoms with van der Waals surface area (Å²) < 4.78 is 11.9. The topological polar surface area (TPSA) is 99.1 Å². The molecule has 21 heavy (non-hydrogen) atoms. The van der Waals surface area contributed by atoms with Crippen LogP contribution in [0.3, 0.4) is 0 Å². The summed E-state index contributed by atoms with van der Waals surface area (Å²) in [6, 6.07) is 8.35. The van der Waals surface area contributed by atoms with E-state index in [4.69, 9.17) is 8.94 Å². The summed E-state index contributed by atoms with van der Waals surface area (Å²) >= 11 is 0. The second-order valence-electron chi connectivity index (χ2n) is 3.95. The summed E-state index contributed by atoms with van der Waals surface area (Å²) in [5.74, 6) is 0.411. The maximum atomic E-state index is 10.5. The van der Waals surface area contributed by atoms with Crippen molar-refractivity contribution in [1.82, 2.24) is 10.1 Å².